The third-order valence-electron chi connectivity index (χ3n) is 5.58. The van der Waals surface area contributed by atoms with Gasteiger partial charge in [0.2, 0.25) is 5.43 Å². The predicted octanol–water partition coefficient (Wildman–Crippen LogP) is 2.32. The van der Waals surface area contributed by atoms with Crippen LogP contribution in [0.5, 0.6) is 0 Å². The number of carboxylic acid groups (broad SMARTS) is 1. The van der Waals surface area contributed by atoms with Crippen molar-refractivity contribution in [3.63, 3.8) is 0 Å². The van der Waals surface area contributed by atoms with Gasteiger partial charge >= 0.3 is 5.97 Å². The SMILES string of the molecule is CCn1cc(C(=O)O)c(=O)c2cc(F)c(N3CCN(C/C(=N/O)c4ccsc4)CC3)nc21. The number of aromatic carboxylic acids is 1. The van der Waals surface area contributed by atoms with Crippen LogP contribution >= 0.6 is 11.3 Å². The maximum absolute atomic E-state index is 14.9. The first kappa shape index (κ1) is 21.9. The molecule has 2 N–H and O–H groups in total. The molecule has 0 aliphatic carbocycles. The maximum atomic E-state index is 14.9. The number of rotatable bonds is 6. The fraction of sp³-hybridized carbons (Fsp3) is 0.333. The molecule has 1 saturated heterocycles. The van der Waals surface area contributed by atoms with E-state index in [0.717, 1.165) is 11.6 Å². The second-order valence-corrected chi connectivity index (χ2v) is 8.23. The van der Waals surface area contributed by atoms with Crippen LogP contribution in [-0.4, -0.2) is 69.2 Å². The van der Waals surface area contributed by atoms with Crippen molar-refractivity contribution in [1.29, 1.82) is 0 Å². The average Bonchev–Trinajstić information content (AvgIpc) is 3.33. The molecule has 1 aliphatic rings. The van der Waals surface area contributed by atoms with Crippen LogP contribution in [0.2, 0.25) is 0 Å². The summed E-state index contributed by atoms with van der Waals surface area (Å²) < 4.78 is 16.5. The Balaban J connectivity index is 1.57. The predicted molar refractivity (Wildman–Crippen MR) is 120 cm³/mol. The van der Waals surface area contributed by atoms with Gasteiger partial charge in [-0.25, -0.2) is 14.2 Å². The van der Waals surface area contributed by atoms with E-state index in [9.17, 15) is 24.3 Å². The number of carbonyl (C=O) groups is 1. The van der Waals surface area contributed by atoms with Crippen molar-refractivity contribution < 1.29 is 19.5 Å². The molecule has 1 aliphatic heterocycles. The van der Waals surface area contributed by atoms with Gasteiger partial charge in [0.1, 0.15) is 16.9 Å². The van der Waals surface area contributed by atoms with Crippen LogP contribution in [0.15, 0.2) is 39.0 Å². The Hall–Kier alpha value is -3.31. The summed E-state index contributed by atoms with van der Waals surface area (Å²) in [4.78, 5) is 32.2. The topological polar surface area (TPSA) is 111 Å². The molecule has 3 aromatic heterocycles. The van der Waals surface area contributed by atoms with Crippen molar-refractivity contribution in [2.75, 3.05) is 37.6 Å². The second-order valence-electron chi connectivity index (χ2n) is 7.45. The van der Waals surface area contributed by atoms with E-state index in [1.807, 2.05) is 16.8 Å². The molecule has 0 spiro atoms. The lowest BCUT2D eigenvalue weighted by atomic mass is 10.1. The zero-order chi connectivity index (χ0) is 22.8. The summed E-state index contributed by atoms with van der Waals surface area (Å²) in [7, 11) is 0. The van der Waals surface area contributed by atoms with Crippen LogP contribution in [-0.2, 0) is 6.54 Å². The first-order valence-corrected chi connectivity index (χ1v) is 11.0. The molecule has 0 atom stereocenters. The van der Waals surface area contributed by atoms with E-state index in [2.05, 4.69) is 15.0 Å². The Kier molecular flexibility index (Phi) is 6.19. The normalized spacial score (nSPS) is 15.4. The number of hydrogen-bond donors (Lipinski definition) is 2. The number of halogens is 1. The van der Waals surface area contributed by atoms with Crippen LogP contribution < -0.4 is 10.3 Å². The zero-order valence-corrected chi connectivity index (χ0v) is 18.2. The van der Waals surface area contributed by atoms with Crippen LogP contribution in [0, 0.1) is 5.82 Å². The average molecular weight is 460 g/mol. The number of oxime groups is 1. The summed E-state index contributed by atoms with van der Waals surface area (Å²) >= 11 is 1.53. The van der Waals surface area contributed by atoms with Crippen molar-refractivity contribution in [3.05, 3.63) is 56.3 Å². The highest BCUT2D eigenvalue weighted by atomic mass is 32.1. The molecule has 3 aromatic rings. The molecule has 0 unspecified atom stereocenters. The van der Waals surface area contributed by atoms with Gasteiger partial charge in [-0.2, -0.15) is 11.3 Å². The summed E-state index contributed by atoms with van der Waals surface area (Å²) in [5.41, 5.74) is 0.558. The van der Waals surface area contributed by atoms with Gasteiger partial charge in [0.05, 0.1) is 5.39 Å². The monoisotopic (exact) mass is 459 g/mol. The molecule has 4 heterocycles. The molecule has 11 heteroatoms. The minimum atomic E-state index is -1.35. The number of fused-ring (bicyclic) bond motifs is 1. The summed E-state index contributed by atoms with van der Waals surface area (Å²) in [6, 6.07) is 2.98. The van der Waals surface area contributed by atoms with Gasteiger partial charge in [0.25, 0.3) is 0 Å². The Labute approximate surface area is 186 Å². The Morgan fingerprint density at radius 2 is 2.06 bits per heavy atom. The third-order valence-corrected chi connectivity index (χ3v) is 6.26. The fourth-order valence-corrected chi connectivity index (χ4v) is 4.50. The molecular formula is C21H22FN5O4S. The number of aromatic nitrogens is 2. The van der Waals surface area contributed by atoms with Crippen LogP contribution in [0.1, 0.15) is 22.8 Å². The van der Waals surface area contributed by atoms with Crippen molar-refractivity contribution in [1.82, 2.24) is 14.5 Å². The quantitative estimate of drug-likeness (QED) is 0.331. The highest BCUT2D eigenvalue weighted by molar-refractivity contribution is 7.08. The molecule has 32 heavy (non-hydrogen) atoms. The summed E-state index contributed by atoms with van der Waals surface area (Å²) in [5.74, 6) is -1.88. The van der Waals surface area contributed by atoms with E-state index in [-0.39, 0.29) is 16.9 Å². The molecule has 0 radical (unpaired) electrons. The molecule has 0 amide bonds. The molecular weight excluding hydrogens is 437 g/mol. The summed E-state index contributed by atoms with van der Waals surface area (Å²) in [5, 5.41) is 25.8. The van der Waals surface area contributed by atoms with E-state index < -0.39 is 22.8 Å². The van der Waals surface area contributed by atoms with Gasteiger partial charge in [-0.05, 0) is 29.8 Å². The molecule has 168 valence electrons. The number of piperazine rings is 1. The fourth-order valence-electron chi connectivity index (χ4n) is 3.83. The summed E-state index contributed by atoms with van der Waals surface area (Å²) in [6.45, 7) is 4.88. The maximum Gasteiger partial charge on any atom is 0.341 e. The number of aryl methyl sites for hydroxylation is 1. The van der Waals surface area contributed by atoms with Gasteiger partial charge < -0.3 is 19.8 Å². The number of pyridine rings is 2. The van der Waals surface area contributed by atoms with Gasteiger partial charge in [-0.1, -0.05) is 5.16 Å². The van der Waals surface area contributed by atoms with Gasteiger partial charge in [0, 0.05) is 51.0 Å². The van der Waals surface area contributed by atoms with Crippen molar-refractivity contribution in [3.8, 4) is 0 Å². The lowest BCUT2D eigenvalue weighted by Gasteiger charge is -2.35. The van der Waals surface area contributed by atoms with E-state index in [1.165, 1.54) is 17.5 Å². The minimum Gasteiger partial charge on any atom is -0.477 e. The zero-order valence-electron chi connectivity index (χ0n) is 17.4. The lowest BCUT2D eigenvalue weighted by Crippen LogP contribution is -2.48. The molecule has 9 nitrogen and oxygen atoms in total. The lowest BCUT2D eigenvalue weighted by molar-refractivity contribution is 0.0695. The Morgan fingerprint density at radius 3 is 2.66 bits per heavy atom. The van der Waals surface area contributed by atoms with Crippen molar-refractivity contribution in [2.24, 2.45) is 5.16 Å². The number of anilines is 1. The third kappa shape index (κ3) is 4.08. The number of hydrogen-bond acceptors (Lipinski definition) is 8. The van der Waals surface area contributed by atoms with Crippen molar-refractivity contribution in [2.45, 2.75) is 13.5 Å². The van der Waals surface area contributed by atoms with E-state index in [0.29, 0.717) is 45.0 Å². The van der Waals surface area contributed by atoms with E-state index in [4.69, 9.17) is 0 Å². The smallest absolute Gasteiger partial charge is 0.341 e. The number of carboxylic acids is 1. The Morgan fingerprint density at radius 1 is 1.31 bits per heavy atom. The number of nitrogens with zero attached hydrogens (tertiary/aromatic N) is 5. The van der Waals surface area contributed by atoms with Gasteiger partial charge in [-0.3, -0.25) is 9.69 Å². The van der Waals surface area contributed by atoms with Crippen molar-refractivity contribution >= 4 is 39.9 Å². The molecule has 4 rings (SSSR count). The van der Waals surface area contributed by atoms with E-state index >= 15 is 0 Å². The highest BCUT2D eigenvalue weighted by Crippen LogP contribution is 2.23. The van der Waals surface area contributed by atoms with Crippen LogP contribution in [0.4, 0.5) is 10.2 Å². The van der Waals surface area contributed by atoms with Gasteiger partial charge in [0.15, 0.2) is 11.6 Å². The first-order chi connectivity index (χ1) is 15.4. The molecule has 0 aromatic carbocycles. The minimum absolute atomic E-state index is 0.0498. The second kappa shape index (κ2) is 9.05. The molecule has 0 saturated carbocycles. The largest absolute Gasteiger partial charge is 0.477 e. The Bertz CT molecular complexity index is 1230. The highest BCUT2D eigenvalue weighted by Gasteiger charge is 2.24. The first-order valence-electron chi connectivity index (χ1n) is 10.1. The number of thiophene rings is 1. The molecule has 0 bridgehead atoms. The van der Waals surface area contributed by atoms with Crippen LogP contribution in [0.25, 0.3) is 11.0 Å². The molecule has 1 fully saturated rings. The van der Waals surface area contributed by atoms with E-state index in [1.54, 1.807) is 16.4 Å². The van der Waals surface area contributed by atoms with Crippen LogP contribution in [0.3, 0.4) is 0 Å². The standard InChI is InChI=1S/C21H22FN5O4S/c1-2-26-10-15(21(29)30)18(28)14-9-16(22)20(23-19(14)26)27-6-4-25(5-7-27)11-17(24-31)13-3-8-32-12-13/h3,8-10,12,31H,2,4-7,11H2,1H3,(H,29,30)/b24-17-. The summed E-state index contributed by atoms with van der Waals surface area (Å²) in [6.07, 6.45) is 1.25. The van der Waals surface area contributed by atoms with Gasteiger partial charge in [-0.15, -0.1) is 0 Å².